The Bertz CT molecular complexity index is 371. The third kappa shape index (κ3) is 3.72. The maximum Gasteiger partial charge on any atom is 0.412 e. The van der Waals surface area contributed by atoms with E-state index in [-0.39, 0.29) is 0 Å². The van der Waals surface area contributed by atoms with Crippen molar-refractivity contribution in [2.24, 2.45) is 0 Å². The molecule has 1 rings (SSSR count). The Morgan fingerprint density at radius 1 is 1.33 bits per heavy atom. The lowest BCUT2D eigenvalue weighted by Crippen LogP contribution is -2.19. The van der Waals surface area contributed by atoms with E-state index >= 15 is 0 Å². The highest BCUT2D eigenvalue weighted by atomic mass is 31.2. The van der Waals surface area contributed by atoms with Crippen LogP contribution in [0.2, 0.25) is 0 Å². The Labute approximate surface area is 82.4 Å². The molecule has 88 valence electrons. The highest BCUT2D eigenvalue weighted by Gasteiger charge is 2.29. The second-order valence-corrected chi connectivity index (χ2v) is 6.22. The van der Waals surface area contributed by atoms with E-state index in [4.69, 9.17) is 0 Å². The van der Waals surface area contributed by atoms with E-state index in [2.05, 4.69) is 9.03 Å². The summed E-state index contributed by atoms with van der Waals surface area (Å²) < 4.78 is 78.2. The van der Waals surface area contributed by atoms with Gasteiger partial charge in [0.15, 0.2) is 15.1 Å². The number of aromatic nitrogens is 3. The molecule has 0 saturated heterocycles. The van der Waals surface area contributed by atoms with E-state index in [1.54, 1.807) is 0 Å². The molecule has 0 bridgehead atoms. The number of alkyl halides is 3. The van der Waals surface area contributed by atoms with Crippen LogP contribution in [-0.2, 0) is 0 Å². The van der Waals surface area contributed by atoms with Crippen LogP contribution in [0, 0.1) is 0 Å². The van der Waals surface area contributed by atoms with Gasteiger partial charge in [0.05, 0.1) is 0 Å². The van der Waals surface area contributed by atoms with Crippen LogP contribution in [0.1, 0.15) is 0 Å². The van der Waals surface area contributed by atoms with Gasteiger partial charge in [0, 0.05) is 0 Å². The van der Waals surface area contributed by atoms with Crippen LogP contribution in [0.5, 0.6) is 0 Å². The van der Waals surface area contributed by atoms with Gasteiger partial charge in [0.1, 0.15) is 0 Å². The third-order valence-electron chi connectivity index (χ3n) is 0.948. The summed E-state index contributed by atoms with van der Waals surface area (Å²) >= 11 is 0. The van der Waals surface area contributed by atoms with Crippen molar-refractivity contribution in [2.45, 2.75) is 6.18 Å². The minimum absolute atomic E-state index is 0.578. The van der Waals surface area contributed by atoms with Crippen molar-refractivity contribution >= 4 is 24.7 Å². The van der Waals surface area contributed by atoms with Gasteiger partial charge in [-0.2, -0.15) is 13.2 Å². The van der Waals surface area contributed by atoms with Gasteiger partial charge in [-0.3, -0.25) is 4.52 Å². The van der Waals surface area contributed by atoms with E-state index < -0.39 is 46.2 Å². The van der Waals surface area contributed by atoms with E-state index in [0.717, 1.165) is 0 Å². The molecule has 0 radical (unpaired) electrons. The first-order valence-electron chi connectivity index (χ1n) is 3.10. The lowest BCUT2D eigenvalue weighted by molar-refractivity contribution is -0.146. The largest absolute Gasteiger partial charge is 0.412 e. The molecule has 0 N–H and O–H groups in total. The summed E-state index contributed by atoms with van der Waals surface area (Å²) in [6.45, 7) is -1.76. The van der Waals surface area contributed by atoms with E-state index in [1.807, 2.05) is 0 Å². The van der Waals surface area contributed by atoms with Crippen LogP contribution in [0.3, 0.4) is 0 Å². The highest BCUT2D eigenvalue weighted by molar-refractivity contribution is 7.55. The summed E-state index contributed by atoms with van der Waals surface area (Å²) in [7, 11) is -6.77. The fourth-order valence-corrected chi connectivity index (χ4v) is 4.13. The normalized spacial score (nSPS) is 14.8. The molecule has 0 aliphatic carbocycles. The third-order valence-corrected chi connectivity index (χ3v) is 4.80. The van der Waals surface area contributed by atoms with E-state index in [1.165, 1.54) is 0 Å². The molecule has 2 atom stereocenters. The molecule has 0 aliphatic rings. The molecule has 15 heavy (non-hydrogen) atoms. The van der Waals surface area contributed by atoms with Gasteiger partial charge >= 0.3 is 6.18 Å². The number of hydrogen-bond donors (Lipinski definition) is 0. The number of hydrogen-bond acceptors (Lipinski definition) is 2. The highest BCUT2D eigenvalue weighted by Crippen LogP contribution is 2.39. The number of nitrogens with zero attached hydrogens (tertiary/aromatic N) is 3. The first-order chi connectivity index (χ1) is 6.81. The summed E-state index contributed by atoms with van der Waals surface area (Å²) in [6.07, 6.45) is -4.67. The molecule has 13 heteroatoms. The first kappa shape index (κ1) is 12.9. The van der Waals surface area contributed by atoms with Gasteiger partial charge in [-0.15, -0.1) is 8.71 Å². The maximum atomic E-state index is 12.7. The molecule has 0 saturated carbocycles. The summed E-state index contributed by atoms with van der Waals surface area (Å²) in [6, 6.07) is 0. The Hall–Kier alpha value is -0.160. The maximum absolute atomic E-state index is 12.7. The average Bonchev–Trinajstić information content (AvgIpc) is 2.12. The molecule has 0 aromatic carbocycles. The Balaban J connectivity index is 2.83. The topological polar surface area (TPSA) is 32.0 Å². The zero-order chi connectivity index (χ0) is 11.6. The Morgan fingerprint density at radius 3 is 2.47 bits per heavy atom. The zero-order valence-corrected chi connectivity index (χ0v) is 9.25. The van der Waals surface area contributed by atoms with Crippen LogP contribution in [0.15, 0.2) is 0 Å². The fraction of sp³-hybridized carbons (Fsp3) is 1.00. The van der Waals surface area contributed by atoms with Crippen LogP contribution in [0.4, 0.5) is 26.3 Å². The van der Waals surface area contributed by atoms with Crippen LogP contribution >= 0.6 is 24.7 Å². The molecule has 1 aromatic rings. The van der Waals surface area contributed by atoms with Crippen LogP contribution in [-0.4, -0.2) is 25.9 Å². The van der Waals surface area contributed by atoms with E-state index in [0.29, 0.717) is 0 Å². The van der Waals surface area contributed by atoms with Crippen molar-refractivity contribution in [1.29, 1.82) is 0 Å². The van der Waals surface area contributed by atoms with Crippen molar-refractivity contribution in [1.82, 2.24) is 13.1 Å². The van der Waals surface area contributed by atoms with Crippen molar-refractivity contribution in [2.75, 3.05) is 6.61 Å². The monoisotopic (exact) mass is 291 g/mol. The van der Waals surface area contributed by atoms with Gasteiger partial charge in [-0.05, 0) is 0 Å². The fourth-order valence-electron chi connectivity index (χ4n) is 0.462. The molecule has 4 nitrogen and oxygen atoms in total. The van der Waals surface area contributed by atoms with Gasteiger partial charge in [-0.25, -0.2) is 0 Å². The average molecular weight is 291 g/mol. The molecule has 1 aromatic heterocycles. The second-order valence-electron chi connectivity index (χ2n) is 2.04. The molecule has 0 spiro atoms. The molecular formula is C2H2F6N3OP3. The number of rotatable bonds is 2. The molecule has 0 fully saturated rings. The number of halogens is 6. The van der Waals surface area contributed by atoms with Crippen molar-refractivity contribution in [3.05, 3.63) is 0 Å². The SMILES string of the molecule is Fn1pnp(OCC(F)(F)F)n(F)p1F. The van der Waals surface area contributed by atoms with Crippen molar-refractivity contribution in [3.8, 4) is 0 Å². The molecule has 0 aliphatic heterocycles. The second kappa shape index (κ2) is 4.78. The zero-order valence-electron chi connectivity index (χ0n) is 6.57. The molecule has 1 heterocycles. The van der Waals surface area contributed by atoms with Gasteiger partial charge in [0.25, 0.3) is 8.16 Å². The Morgan fingerprint density at radius 2 is 1.93 bits per heavy atom. The summed E-state index contributed by atoms with van der Waals surface area (Å²) in [5, 5.41) is 0. The summed E-state index contributed by atoms with van der Waals surface area (Å²) in [4.78, 5) is 0. The lowest BCUT2D eigenvalue weighted by atomic mass is 10.7. The lowest BCUT2D eigenvalue weighted by Gasteiger charge is -2.08. The molecule has 0 amide bonds. The summed E-state index contributed by atoms with van der Waals surface area (Å²) in [5.41, 5.74) is 0. The van der Waals surface area contributed by atoms with Crippen molar-refractivity contribution < 1.29 is 30.9 Å². The molecule has 2 unspecified atom stereocenters. The van der Waals surface area contributed by atoms with Gasteiger partial charge in [-0.1, -0.05) is 17.6 Å². The van der Waals surface area contributed by atoms with E-state index in [9.17, 15) is 26.3 Å². The minimum atomic E-state index is -4.67. The minimum Gasteiger partial charge on any atom is -0.292 e. The van der Waals surface area contributed by atoms with Crippen molar-refractivity contribution in [3.63, 3.8) is 0 Å². The van der Waals surface area contributed by atoms with Crippen LogP contribution < -0.4 is 4.52 Å². The predicted molar refractivity (Wildman–Crippen MR) is 42.8 cm³/mol. The predicted octanol–water partition coefficient (Wildman–Crippen LogP) is 3.55. The van der Waals surface area contributed by atoms with Gasteiger partial charge < -0.3 is 0 Å². The van der Waals surface area contributed by atoms with Gasteiger partial charge in [0.2, 0.25) is 8.08 Å². The first-order valence-corrected chi connectivity index (χ1v) is 6.20. The summed E-state index contributed by atoms with van der Waals surface area (Å²) in [5.74, 6) is 0. The standard InChI is InChI=1S/C2H2F6N3OP3/c3-2(4,5)1-12-15-9-13-10(6)14(8)11(15)7/h1H2. The molecular weight excluding hydrogens is 289 g/mol. The smallest absolute Gasteiger partial charge is 0.292 e. The van der Waals surface area contributed by atoms with Crippen LogP contribution in [0.25, 0.3) is 0 Å². The quantitative estimate of drug-likeness (QED) is 0.780. The Kier molecular flexibility index (Phi) is 4.12.